The molecule has 0 aliphatic carbocycles. The molecule has 9 nitrogen and oxygen atoms in total. The molecule has 2 aromatic rings. The van der Waals surface area contributed by atoms with Crippen molar-refractivity contribution in [2.24, 2.45) is 5.92 Å². The smallest absolute Gasteiger partial charge is 0.328 e. The van der Waals surface area contributed by atoms with Gasteiger partial charge in [0.2, 0.25) is 11.8 Å². The van der Waals surface area contributed by atoms with E-state index in [0.29, 0.717) is 22.6 Å². The lowest BCUT2D eigenvalue weighted by molar-refractivity contribution is -0.137. The average Bonchev–Trinajstić information content (AvgIpc) is 2.78. The lowest BCUT2D eigenvalue weighted by atomic mass is 9.78. The van der Waals surface area contributed by atoms with Crippen LogP contribution in [0.4, 0.5) is 4.79 Å². The molecule has 2 aliphatic heterocycles. The van der Waals surface area contributed by atoms with E-state index >= 15 is 0 Å². The highest BCUT2D eigenvalue weighted by molar-refractivity contribution is 6.17. The lowest BCUT2D eigenvalue weighted by Gasteiger charge is -2.30. The highest BCUT2D eigenvalue weighted by atomic mass is 16.5. The summed E-state index contributed by atoms with van der Waals surface area (Å²) in [6.45, 7) is 1.58. The van der Waals surface area contributed by atoms with Gasteiger partial charge in [0, 0.05) is 17.9 Å². The van der Waals surface area contributed by atoms with Crippen LogP contribution in [0.5, 0.6) is 11.5 Å². The molecule has 0 bridgehead atoms. The number of aliphatic hydroxyl groups excluding tert-OH is 1. The van der Waals surface area contributed by atoms with Gasteiger partial charge in [-0.3, -0.25) is 25.0 Å². The van der Waals surface area contributed by atoms with Crippen LogP contribution < -0.4 is 20.1 Å². The number of hydrogen-bond acceptors (Lipinski definition) is 7. The van der Waals surface area contributed by atoms with E-state index in [2.05, 4.69) is 10.6 Å². The highest BCUT2D eigenvalue weighted by Gasteiger charge is 2.43. The number of fused-ring (bicyclic) bond motifs is 1. The number of imide groups is 2. The van der Waals surface area contributed by atoms with E-state index in [1.54, 1.807) is 55.5 Å². The average molecular weight is 450 g/mol. The number of Topliss-reactive ketones (excluding diaryl/α,β-unsaturated/α-hetero) is 1. The number of methoxy groups -OCH3 is 1. The van der Waals surface area contributed by atoms with Crippen LogP contribution >= 0.6 is 0 Å². The molecule has 4 rings (SSSR count). The Bertz CT molecular complexity index is 1150. The van der Waals surface area contributed by atoms with Crippen molar-refractivity contribution < 1.29 is 33.8 Å². The number of rotatable bonds is 6. The molecule has 2 atom stereocenters. The summed E-state index contributed by atoms with van der Waals surface area (Å²) in [5.74, 6) is -3.04. The predicted octanol–water partition coefficient (Wildman–Crippen LogP) is 2.12. The second-order valence-corrected chi connectivity index (χ2v) is 7.80. The Hall–Kier alpha value is -3.98. The van der Waals surface area contributed by atoms with Crippen LogP contribution in [0.1, 0.15) is 36.5 Å². The Morgan fingerprint density at radius 3 is 2.33 bits per heavy atom. The monoisotopic (exact) mass is 450 g/mol. The molecule has 0 aromatic heterocycles. The van der Waals surface area contributed by atoms with Crippen LogP contribution in [0.15, 0.2) is 59.9 Å². The standard InChI is InChI=1S/C24H22N2O7/c1-12-19(21(28)15-5-3-4-6-18(15)33-12)17(27)11-16(13-7-9-14(32-2)10-8-13)20-22(29)25-24(31)26-23(20)30/h3-10,16,20-21,28H,11H2,1-2H3,(H2,25,26,29,30,31). The number of hydrogen-bond donors (Lipinski definition) is 3. The van der Waals surface area contributed by atoms with Gasteiger partial charge in [0.15, 0.2) is 5.78 Å². The number of ketones is 1. The Morgan fingerprint density at radius 1 is 1.06 bits per heavy atom. The summed E-state index contributed by atoms with van der Waals surface area (Å²) in [7, 11) is 1.50. The second-order valence-electron chi connectivity index (χ2n) is 7.80. The Labute approximate surface area is 189 Å². The molecule has 2 unspecified atom stereocenters. The normalized spacial score (nSPS) is 19.2. The van der Waals surface area contributed by atoms with E-state index in [9.17, 15) is 24.3 Å². The third-order valence-corrected chi connectivity index (χ3v) is 5.82. The largest absolute Gasteiger partial charge is 0.497 e. The van der Waals surface area contributed by atoms with Gasteiger partial charge >= 0.3 is 6.03 Å². The van der Waals surface area contributed by atoms with Crippen molar-refractivity contribution in [2.75, 3.05) is 7.11 Å². The van der Waals surface area contributed by atoms with E-state index in [-0.39, 0.29) is 17.8 Å². The summed E-state index contributed by atoms with van der Waals surface area (Å²) in [6.07, 6.45) is -1.49. The third-order valence-electron chi connectivity index (χ3n) is 5.82. The summed E-state index contributed by atoms with van der Waals surface area (Å²) in [6, 6.07) is 12.5. The number of allylic oxidation sites excluding steroid dienone is 1. The Morgan fingerprint density at radius 2 is 1.70 bits per heavy atom. The van der Waals surface area contributed by atoms with Gasteiger partial charge in [0.05, 0.1) is 12.7 Å². The molecule has 170 valence electrons. The zero-order chi connectivity index (χ0) is 23.7. The van der Waals surface area contributed by atoms with Crippen molar-refractivity contribution in [2.45, 2.75) is 25.4 Å². The minimum absolute atomic E-state index is 0.0555. The van der Waals surface area contributed by atoms with Crippen LogP contribution in [-0.2, 0) is 14.4 Å². The number of urea groups is 1. The molecular weight excluding hydrogens is 428 g/mol. The van der Waals surface area contributed by atoms with Gasteiger partial charge < -0.3 is 14.6 Å². The molecule has 2 heterocycles. The Balaban J connectivity index is 1.69. The van der Waals surface area contributed by atoms with Crippen molar-refractivity contribution in [3.63, 3.8) is 0 Å². The van der Waals surface area contributed by atoms with Gasteiger partial charge in [-0.1, -0.05) is 30.3 Å². The van der Waals surface area contributed by atoms with Gasteiger partial charge in [-0.2, -0.15) is 0 Å². The predicted molar refractivity (Wildman–Crippen MR) is 115 cm³/mol. The van der Waals surface area contributed by atoms with Crippen molar-refractivity contribution in [3.8, 4) is 11.5 Å². The lowest BCUT2D eigenvalue weighted by Crippen LogP contribution is -2.57. The molecule has 1 saturated heterocycles. The number of ether oxygens (including phenoxy) is 2. The fourth-order valence-corrected chi connectivity index (χ4v) is 4.20. The van der Waals surface area contributed by atoms with Crippen LogP contribution in [0.3, 0.4) is 0 Å². The minimum Gasteiger partial charge on any atom is -0.497 e. The van der Waals surface area contributed by atoms with Crippen molar-refractivity contribution in [3.05, 3.63) is 71.0 Å². The van der Waals surface area contributed by atoms with Crippen molar-refractivity contribution in [1.29, 1.82) is 0 Å². The first kappa shape index (κ1) is 22.2. The number of para-hydroxylation sites is 1. The number of carbonyl (C=O) groups excluding carboxylic acids is 4. The zero-order valence-corrected chi connectivity index (χ0v) is 18.0. The number of barbiturate groups is 1. The molecular formula is C24H22N2O7. The van der Waals surface area contributed by atoms with E-state index in [1.165, 1.54) is 7.11 Å². The molecule has 4 amide bonds. The van der Waals surface area contributed by atoms with Gasteiger partial charge in [-0.05, 0) is 30.7 Å². The molecule has 2 aromatic carbocycles. The van der Waals surface area contributed by atoms with E-state index in [4.69, 9.17) is 9.47 Å². The quantitative estimate of drug-likeness (QED) is 0.575. The summed E-state index contributed by atoms with van der Waals surface area (Å²) >= 11 is 0. The minimum atomic E-state index is -1.32. The van der Waals surface area contributed by atoms with E-state index < -0.39 is 41.6 Å². The number of aliphatic hydroxyl groups is 1. The number of amides is 4. The first-order valence-corrected chi connectivity index (χ1v) is 10.3. The summed E-state index contributed by atoms with van der Waals surface area (Å²) in [5, 5.41) is 15.1. The Kier molecular flexibility index (Phi) is 5.97. The highest BCUT2D eigenvalue weighted by Crippen LogP contribution is 2.40. The molecule has 0 saturated carbocycles. The maximum absolute atomic E-state index is 13.4. The fourth-order valence-electron chi connectivity index (χ4n) is 4.20. The van der Waals surface area contributed by atoms with E-state index in [0.717, 1.165) is 0 Å². The fraction of sp³-hybridized carbons (Fsp3) is 0.250. The SMILES string of the molecule is COc1ccc(C(CC(=O)C2=C(C)Oc3ccccc3C2O)C2C(=O)NC(=O)NC2=O)cc1. The first-order chi connectivity index (χ1) is 15.8. The van der Waals surface area contributed by atoms with Gasteiger partial charge in [-0.15, -0.1) is 0 Å². The topological polar surface area (TPSA) is 131 Å². The number of nitrogens with one attached hydrogen (secondary N) is 2. The first-order valence-electron chi connectivity index (χ1n) is 10.3. The zero-order valence-electron chi connectivity index (χ0n) is 18.0. The summed E-state index contributed by atoms with van der Waals surface area (Å²) in [5.41, 5.74) is 1.03. The van der Waals surface area contributed by atoms with Crippen molar-refractivity contribution in [1.82, 2.24) is 10.6 Å². The molecule has 1 fully saturated rings. The van der Waals surface area contributed by atoms with Gasteiger partial charge in [0.1, 0.15) is 29.3 Å². The maximum Gasteiger partial charge on any atom is 0.328 e. The molecule has 0 spiro atoms. The number of benzene rings is 2. The third kappa shape index (κ3) is 4.22. The molecule has 2 aliphatic rings. The maximum atomic E-state index is 13.4. The molecule has 0 radical (unpaired) electrons. The van der Waals surface area contributed by atoms with Crippen LogP contribution in [-0.4, -0.2) is 35.8 Å². The molecule has 33 heavy (non-hydrogen) atoms. The van der Waals surface area contributed by atoms with E-state index in [1.807, 2.05) is 0 Å². The van der Waals surface area contributed by atoms with Crippen LogP contribution in [0.2, 0.25) is 0 Å². The molecule has 9 heteroatoms. The van der Waals surface area contributed by atoms with Crippen LogP contribution in [0, 0.1) is 5.92 Å². The van der Waals surface area contributed by atoms with Gasteiger partial charge in [-0.25, -0.2) is 4.79 Å². The van der Waals surface area contributed by atoms with Crippen LogP contribution in [0.25, 0.3) is 0 Å². The molecule has 3 N–H and O–H groups in total. The van der Waals surface area contributed by atoms with Crippen molar-refractivity contribution >= 4 is 23.6 Å². The summed E-state index contributed by atoms with van der Waals surface area (Å²) < 4.78 is 10.9. The number of carbonyl (C=O) groups is 4. The second kappa shape index (κ2) is 8.87. The summed E-state index contributed by atoms with van der Waals surface area (Å²) in [4.78, 5) is 50.1. The van der Waals surface area contributed by atoms with Gasteiger partial charge in [0.25, 0.3) is 0 Å².